The minimum atomic E-state index is -4.31. The molecule has 5 nitrogen and oxygen atoms in total. The van der Waals surface area contributed by atoms with Crippen LogP contribution in [0.15, 0.2) is 0 Å². The summed E-state index contributed by atoms with van der Waals surface area (Å²) in [6, 6.07) is -0.550. The Labute approximate surface area is 115 Å². The number of hydrogen-bond donors (Lipinski definition) is 1. The van der Waals surface area contributed by atoms with E-state index in [0.717, 1.165) is 4.90 Å². The van der Waals surface area contributed by atoms with Gasteiger partial charge < -0.3 is 14.9 Å². The first-order chi connectivity index (χ1) is 9.11. The van der Waals surface area contributed by atoms with Gasteiger partial charge in [-0.05, 0) is 12.8 Å². The maximum Gasteiger partial charge on any atom is 0.390 e. The Morgan fingerprint density at radius 3 is 2.40 bits per heavy atom. The van der Waals surface area contributed by atoms with Crippen LogP contribution in [0.2, 0.25) is 0 Å². The Morgan fingerprint density at radius 2 is 2.00 bits per heavy atom. The number of carboxylic acids is 1. The Bertz CT molecular complexity index is 387. The zero-order valence-electron chi connectivity index (χ0n) is 11.5. The summed E-state index contributed by atoms with van der Waals surface area (Å²) in [5, 5.41) is 9.21. The maximum atomic E-state index is 12.1. The molecule has 0 aromatic carbocycles. The molecule has 0 saturated carbocycles. The topological polar surface area (TPSA) is 60.9 Å². The summed E-state index contributed by atoms with van der Waals surface area (Å²) in [6.07, 6.45) is -4.66. The minimum Gasteiger partial charge on any atom is -0.481 e. The summed E-state index contributed by atoms with van der Waals surface area (Å²) < 4.78 is 36.3. The number of likely N-dealkylation sites (tertiary alicyclic amines) is 1. The molecule has 8 heteroatoms. The number of alkyl halides is 3. The number of hydrogen-bond acceptors (Lipinski definition) is 2. The molecule has 20 heavy (non-hydrogen) atoms. The standard InChI is InChI=1S/C12H19F3N2O3/c1-3-11(9(18)19)4-7-17(8-11)10(20)16(2)6-5-12(13,14)15/h3-8H2,1-2H3,(H,18,19). The molecular weight excluding hydrogens is 277 g/mol. The van der Waals surface area contributed by atoms with E-state index >= 15 is 0 Å². The van der Waals surface area contributed by atoms with Crippen LogP contribution in [0.5, 0.6) is 0 Å². The summed E-state index contributed by atoms with van der Waals surface area (Å²) in [5.74, 6) is -0.965. The van der Waals surface area contributed by atoms with Gasteiger partial charge in [0.2, 0.25) is 0 Å². The molecule has 1 atom stereocenters. The van der Waals surface area contributed by atoms with E-state index in [0.29, 0.717) is 12.8 Å². The average Bonchev–Trinajstić information content (AvgIpc) is 2.79. The van der Waals surface area contributed by atoms with Crippen LogP contribution in [-0.2, 0) is 4.79 Å². The normalized spacial score (nSPS) is 22.9. The van der Waals surface area contributed by atoms with E-state index in [1.165, 1.54) is 11.9 Å². The first-order valence-corrected chi connectivity index (χ1v) is 6.41. The molecular formula is C12H19F3N2O3. The van der Waals surface area contributed by atoms with Crippen LogP contribution in [0.25, 0.3) is 0 Å². The third kappa shape index (κ3) is 3.77. The van der Waals surface area contributed by atoms with E-state index in [1.807, 2.05) is 0 Å². The fourth-order valence-electron chi connectivity index (χ4n) is 2.28. The van der Waals surface area contributed by atoms with E-state index in [4.69, 9.17) is 0 Å². The number of urea groups is 1. The smallest absolute Gasteiger partial charge is 0.390 e. The van der Waals surface area contributed by atoms with Crippen LogP contribution >= 0.6 is 0 Å². The molecule has 0 aliphatic carbocycles. The molecule has 0 aromatic heterocycles. The van der Waals surface area contributed by atoms with Crippen LogP contribution < -0.4 is 0 Å². The molecule has 1 heterocycles. The highest BCUT2D eigenvalue weighted by Gasteiger charge is 2.45. The lowest BCUT2D eigenvalue weighted by atomic mass is 9.84. The Morgan fingerprint density at radius 1 is 1.40 bits per heavy atom. The summed E-state index contributed by atoms with van der Waals surface area (Å²) in [4.78, 5) is 25.5. The number of carbonyl (C=O) groups excluding carboxylic acids is 1. The van der Waals surface area contributed by atoms with Crippen LogP contribution in [0.4, 0.5) is 18.0 Å². The van der Waals surface area contributed by atoms with Crippen LogP contribution in [0.1, 0.15) is 26.2 Å². The van der Waals surface area contributed by atoms with Crippen molar-refractivity contribution in [3.05, 3.63) is 0 Å². The average molecular weight is 296 g/mol. The van der Waals surface area contributed by atoms with Crippen molar-refractivity contribution in [3.63, 3.8) is 0 Å². The fraction of sp³-hybridized carbons (Fsp3) is 0.833. The molecule has 1 unspecified atom stereocenters. The van der Waals surface area contributed by atoms with Crippen molar-refractivity contribution in [2.24, 2.45) is 5.41 Å². The van der Waals surface area contributed by atoms with Crippen molar-refractivity contribution in [2.45, 2.75) is 32.4 Å². The molecule has 1 aliphatic rings. The van der Waals surface area contributed by atoms with Crippen molar-refractivity contribution >= 4 is 12.0 Å². The lowest BCUT2D eigenvalue weighted by Crippen LogP contribution is -2.43. The van der Waals surface area contributed by atoms with Crippen molar-refractivity contribution in [1.29, 1.82) is 0 Å². The van der Waals surface area contributed by atoms with E-state index < -0.39 is 36.6 Å². The highest BCUT2D eigenvalue weighted by atomic mass is 19.4. The van der Waals surface area contributed by atoms with Crippen molar-refractivity contribution in [3.8, 4) is 0 Å². The van der Waals surface area contributed by atoms with E-state index in [-0.39, 0.29) is 13.1 Å². The predicted molar refractivity (Wildman–Crippen MR) is 65.2 cm³/mol. The van der Waals surface area contributed by atoms with Crippen molar-refractivity contribution in [2.75, 3.05) is 26.7 Å². The number of carbonyl (C=O) groups is 2. The molecule has 116 valence electrons. The van der Waals surface area contributed by atoms with Crippen molar-refractivity contribution < 1.29 is 27.9 Å². The monoisotopic (exact) mass is 296 g/mol. The summed E-state index contributed by atoms with van der Waals surface area (Å²) in [6.45, 7) is 1.61. The molecule has 1 aliphatic heterocycles. The molecule has 1 N–H and O–H groups in total. The maximum absolute atomic E-state index is 12.1. The largest absolute Gasteiger partial charge is 0.481 e. The number of rotatable bonds is 4. The molecule has 2 amide bonds. The van der Waals surface area contributed by atoms with Crippen LogP contribution in [0, 0.1) is 5.41 Å². The fourth-order valence-corrected chi connectivity index (χ4v) is 2.28. The van der Waals surface area contributed by atoms with Gasteiger partial charge in [0.15, 0.2) is 0 Å². The number of halogens is 3. The number of aliphatic carboxylic acids is 1. The van der Waals surface area contributed by atoms with Gasteiger partial charge in [-0.25, -0.2) is 4.79 Å². The van der Waals surface area contributed by atoms with Gasteiger partial charge in [0.05, 0.1) is 11.8 Å². The number of amides is 2. The lowest BCUT2D eigenvalue weighted by molar-refractivity contribution is -0.148. The van der Waals surface area contributed by atoms with Gasteiger partial charge in [-0.15, -0.1) is 0 Å². The third-order valence-corrected chi connectivity index (χ3v) is 3.81. The van der Waals surface area contributed by atoms with Crippen LogP contribution in [-0.4, -0.2) is 59.8 Å². The van der Waals surface area contributed by atoms with Gasteiger partial charge in [0, 0.05) is 26.7 Å². The first-order valence-electron chi connectivity index (χ1n) is 6.41. The van der Waals surface area contributed by atoms with Gasteiger partial charge in [-0.2, -0.15) is 13.2 Å². The summed E-state index contributed by atoms with van der Waals surface area (Å²) in [7, 11) is 1.29. The quantitative estimate of drug-likeness (QED) is 0.865. The predicted octanol–water partition coefficient (Wildman–Crippen LogP) is 2.18. The molecule has 0 bridgehead atoms. The summed E-state index contributed by atoms with van der Waals surface area (Å²) in [5.41, 5.74) is -0.972. The first kappa shape index (κ1) is 16.6. The van der Waals surface area contributed by atoms with E-state index in [1.54, 1.807) is 6.92 Å². The third-order valence-electron chi connectivity index (χ3n) is 3.81. The number of carboxylic acid groups (broad SMARTS) is 1. The number of nitrogens with zero attached hydrogens (tertiary/aromatic N) is 2. The van der Waals surface area contributed by atoms with Crippen LogP contribution in [0.3, 0.4) is 0 Å². The highest BCUT2D eigenvalue weighted by molar-refractivity contribution is 5.79. The Kier molecular flexibility index (Phi) is 4.88. The minimum absolute atomic E-state index is 0.0496. The highest BCUT2D eigenvalue weighted by Crippen LogP contribution is 2.34. The molecule has 1 rings (SSSR count). The Hall–Kier alpha value is -1.47. The van der Waals surface area contributed by atoms with Gasteiger partial charge in [0.25, 0.3) is 0 Å². The second kappa shape index (κ2) is 5.88. The van der Waals surface area contributed by atoms with E-state index in [2.05, 4.69) is 0 Å². The van der Waals surface area contributed by atoms with Crippen molar-refractivity contribution in [1.82, 2.24) is 9.80 Å². The molecule has 0 radical (unpaired) electrons. The van der Waals surface area contributed by atoms with E-state index in [9.17, 15) is 27.9 Å². The SMILES string of the molecule is CCC1(C(=O)O)CCN(C(=O)N(C)CCC(F)(F)F)C1. The second-order valence-electron chi connectivity index (χ2n) is 5.18. The van der Waals surface area contributed by atoms with Gasteiger partial charge in [0.1, 0.15) is 0 Å². The molecule has 0 spiro atoms. The van der Waals surface area contributed by atoms with Gasteiger partial charge >= 0.3 is 18.2 Å². The van der Waals surface area contributed by atoms with Gasteiger partial charge in [-0.1, -0.05) is 6.92 Å². The zero-order chi connectivity index (χ0) is 15.6. The van der Waals surface area contributed by atoms with Gasteiger partial charge in [-0.3, -0.25) is 4.79 Å². The lowest BCUT2D eigenvalue weighted by Gasteiger charge is -2.27. The molecule has 0 aromatic rings. The zero-order valence-corrected chi connectivity index (χ0v) is 11.5. The molecule has 1 saturated heterocycles. The molecule has 1 fully saturated rings. The summed E-state index contributed by atoms with van der Waals surface area (Å²) >= 11 is 0. The Balaban J connectivity index is 2.59. The second-order valence-corrected chi connectivity index (χ2v) is 5.18.